The molecule has 0 aliphatic carbocycles. The van der Waals surface area contributed by atoms with Gasteiger partial charge in [0.15, 0.2) is 0 Å². The Kier molecular flexibility index (Phi) is 7.18. The summed E-state index contributed by atoms with van der Waals surface area (Å²) in [6, 6.07) is 4.03. The summed E-state index contributed by atoms with van der Waals surface area (Å²) in [5.41, 5.74) is 1.12. The van der Waals surface area contributed by atoms with E-state index in [0.29, 0.717) is 6.10 Å². The third-order valence-electron chi connectivity index (χ3n) is 2.47. The van der Waals surface area contributed by atoms with Gasteiger partial charge in [-0.15, -0.1) is 0 Å². The maximum absolute atomic E-state index is 5.50. The number of rotatable bonds is 9. The number of hydrogen-bond acceptors (Lipinski definition) is 4. The third kappa shape index (κ3) is 6.45. The zero-order valence-corrected chi connectivity index (χ0v) is 11.7. The van der Waals surface area contributed by atoms with Crippen LogP contribution in [-0.2, 0) is 4.74 Å². The predicted molar refractivity (Wildman–Crippen MR) is 77.2 cm³/mol. The summed E-state index contributed by atoms with van der Waals surface area (Å²) in [4.78, 5) is 4.24. The van der Waals surface area contributed by atoms with Crippen LogP contribution in [0, 0.1) is 0 Å². The average Bonchev–Trinajstić information content (AvgIpc) is 2.34. The molecule has 4 heteroatoms. The number of pyridine rings is 1. The fourth-order valence-electron chi connectivity index (χ4n) is 1.60. The van der Waals surface area contributed by atoms with Crippen LogP contribution in [0.3, 0.4) is 0 Å². The van der Waals surface area contributed by atoms with Crippen molar-refractivity contribution in [2.75, 3.05) is 30.3 Å². The fraction of sp³-hybridized carbons (Fsp3) is 0.643. The fourth-order valence-corrected chi connectivity index (χ4v) is 1.60. The van der Waals surface area contributed by atoms with Crippen LogP contribution < -0.4 is 10.6 Å². The largest absolute Gasteiger partial charge is 0.385 e. The highest BCUT2D eigenvalue weighted by Gasteiger charge is 1.96. The van der Waals surface area contributed by atoms with Crippen LogP contribution in [-0.4, -0.2) is 30.8 Å². The monoisotopic (exact) mass is 251 g/mol. The Hall–Kier alpha value is -1.29. The number of aromatic nitrogens is 1. The van der Waals surface area contributed by atoms with E-state index < -0.39 is 0 Å². The first-order valence-corrected chi connectivity index (χ1v) is 6.77. The minimum absolute atomic E-state index is 0.334. The topological polar surface area (TPSA) is 46.2 Å². The highest BCUT2D eigenvalue weighted by molar-refractivity contribution is 5.51. The molecule has 1 heterocycles. The predicted octanol–water partition coefficient (Wildman–Crippen LogP) is 3.13. The Morgan fingerprint density at radius 3 is 2.83 bits per heavy atom. The Labute approximate surface area is 110 Å². The molecule has 18 heavy (non-hydrogen) atoms. The van der Waals surface area contributed by atoms with Crippen LogP contribution in [0.25, 0.3) is 0 Å². The Morgan fingerprint density at radius 1 is 1.28 bits per heavy atom. The molecule has 0 aromatic carbocycles. The van der Waals surface area contributed by atoms with Crippen molar-refractivity contribution >= 4 is 11.5 Å². The molecule has 0 radical (unpaired) electrons. The van der Waals surface area contributed by atoms with Gasteiger partial charge in [0.2, 0.25) is 0 Å². The molecule has 0 bridgehead atoms. The van der Waals surface area contributed by atoms with E-state index in [1.54, 1.807) is 0 Å². The quantitative estimate of drug-likeness (QED) is 0.662. The normalized spacial score (nSPS) is 10.7. The first-order valence-electron chi connectivity index (χ1n) is 6.77. The van der Waals surface area contributed by atoms with Crippen molar-refractivity contribution in [2.24, 2.45) is 0 Å². The molecule has 1 aromatic heterocycles. The molecular weight excluding hydrogens is 226 g/mol. The van der Waals surface area contributed by atoms with Gasteiger partial charge in [0, 0.05) is 37.6 Å². The van der Waals surface area contributed by atoms with E-state index in [2.05, 4.69) is 36.4 Å². The molecular formula is C14H25N3O. The molecule has 102 valence electrons. The van der Waals surface area contributed by atoms with Gasteiger partial charge in [-0.1, -0.05) is 0 Å². The lowest BCUT2D eigenvalue weighted by Gasteiger charge is -2.09. The van der Waals surface area contributed by atoms with Gasteiger partial charge in [0.25, 0.3) is 0 Å². The van der Waals surface area contributed by atoms with Crippen LogP contribution in [0.5, 0.6) is 0 Å². The molecule has 0 fully saturated rings. The second-order valence-electron chi connectivity index (χ2n) is 4.51. The minimum atomic E-state index is 0.334. The third-order valence-corrected chi connectivity index (χ3v) is 2.47. The minimum Gasteiger partial charge on any atom is -0.385 e. The van der Waals surface area contributed by atoms with Crippen molar-refractivity contribution in [1.29, 1.82) is 0 Å². The van der Waals surface area contributed by atoms with E-state index >= 15 is 0 Å². The van der Waals surface area contributed by atoms with Crippen LogP contribution in [0.1, 0.15) is 33.6 Å². The second kappa shape index (κ2) is 8.75. The van der Waals surface area contributed by atoms with E-state index in [1.165, 1.54) is 0 Å². The van der Waals surface area contributed by atoms with Gasteiger partial charge < -0.3 is 15.4 Å². The summed E-state index contributed by atoms with van der Waals surface area (Å²) in [5.74, 6) is 0.922. The van der Waals surface area contributed by atoms with Gasteiger partial charge in [0.05, 0.1) is 6.10 Å². The lowest BCUT2D eigenvalue weighted by molar-refractivity contribution is 0.0765. The summed E-state index contributed by atoms with van der Waals surface area (Å²) in [6.45, 7) is 8.91. The van der Waals surface area contributed by atoms with Crippen molar-refractivity contribution in [2.45, 2.75) is 39.7 Å². The summed E-state index contributed by atoms with van der Waals surface area (Å²) >= 11 is 0. The first kappa shape index (κ1) is 14.8. The van der Waals surface area contributed by atoms with Gasteiger partial charge in [-0.05, 0) is 39.7 Å². The SMILES string of the molecule is CCNc1cc(NCCCCOC(C)C)ccn1. The molecule has 2 N–H and O–H groups in total. The first-order chi connectivity index (χ1) is 8.72. The number of anilines is 2. The van der Waals surface area contributed by atoms with E-state index in [-0.39, 0.29) is 0 Å². The van der Waals surface area contributed by atoms with Crippen LogP contribution in [0.4, 0.5) is 11.5 Å². The maximum atomic E-state index is 5.50. The van der Waals surface area contributed by atoms with Crippen molar-refractivity contribution in [3.63, 3.8) is 0 Å². The van der Waals surface area contributed by atoms with Crippen molar-refractivity contribution in [3.8, 4) is 0 Å². The van der Waals surface area contributed by atoms with Crippen LogP contribution in [0.2, 0.25) is 0 Å². The van der Waals surface area contributed by atoms with Gasteiger partial charge in [-0.25, -0.2) is 4.98 Å². The van der Waals surface area contributed by atoms with Crippen LogP contribution in [0.15, 0.2) is 18.3 Å². The molecule has 0 aliphatic rings. The molecule has 4 nitrogen and oxygen atoms in total. The number of nitrogens with one attached hydrogen (secondary N) is 2. The van der Waals surface area contributed by atoms with Crippen molar-refractivity contribution in [3.05, 3.63) is 18.3 Å². The molecule has 0 saturated carbocycles. The molecule has 0 aliphatic heterocycles. The summed E-state index contributed by atoms with van der Waals surface area (Å²) in [5, 5.41) is 6.60. The lowest BCUT2D eigenvalue weighted by atomic mass is 10.3. The smallest absolute Gasteiger partial charge is 0.127 e. The Bertz CT molecular complexity index is 329. The Morgan fingerprint density at radius 2 is 2.11 bits per heavy atom. The van der Waals surface area contributed by atoms with E-state index in [0.717, 1.165) is 44.0 Å². The number of ether oxygens (including phenoxy) is 1. The average molecular weight is 251 g/mol. The van der Waals surface area contributed by atoms with Gasteiger partial charge >= 0.3 is 0 Å². The van der Waals surface area contributed by atoms with E-state index in [9.17, 15) is 0 Å². The summed E-state index contributed by atoms with van der Waals surface area (Å²) in [6.07, 6.45) is 4.37. The zero-order valence-electron chi connectivity index (χ0n) is 11.7. The maximum Gasteiger partial charge on any atom is 0.127 e. The standard InChI is InChI=1S/C14H25N3O/c1-4-15-14-11-13(7-9-17-14)16-8-5-6-10-18-12(2)3/h7,9,11-12H,4-6,8,10H2,1-3H3,(H2,15,16,17). The summed E-state index contributed by atoms with van der Waals surface area (Å²) in [7, 11) is 0. The van der Waals surface area contributed by atoms with Crippen molar-refractivity contribution < 1.29 is 4.74 Å². The molecule has 1 aromatic rings. The highest BCUT2D eigenvalue weighted by Crippen LogP contribution is 2.11. The highest BCUT2D eigenvalue weighted by atomic mass is 16.5. The van der Waals surface area contributed by atoms with Crippen LogP contribution >= 0.6 is 0 Å². The molecule has 1 rings (SSSR count). The molecule has 0 spiro atoms. The van der Waals surface area contributed by atoms with Crippen molar-refractivity contribution in [1.82, 2.24) is 4.98 Å². The van der Waals surface area contributed by atoms with Gasteiger partial charge in [-0.2, -0.15) is 0 Å². The van der Waals surface area contributed by atoms with E-state index in [4.69, 9.17) is 4.74 Å². The van der Waals surface area contributed by atoms with E-state index in [1.807, 2.05) is 18.3 Å². The van der Waals surface area contributed by atoms with Gasteiger partial charge in [-0.3, -0.25) is 0 Å². The molecule has 0 saturated heterocycles. The van der Waals surface area contributed by atoms with Gasteiger partial charge in [0.1, 0.15) is 5.82 Å². The zero-order chi connectivity index (χ0) is 13.2. The number of unbranched alkanes of at least 4 members (excludes halogenated alkanes) is 1. The second-order valence-corrected chi connectivity index (χ2v) is 4.51. The molecule has 0 amide bonds. The molecule has 0 atom stereocenters. The summed E-state index contributed by atoms with van der Waals surface area (Å²) < 4.78 is 5.50. The molecule has 0 unspecified atom stereocenters. The number of nitrogens with zero attached hydrogens (tertiary/aromatic N) is 1. The Balaban J connectivity index is 2.16. The lowest BCUT2D eigenvalue weighted by Crippen LogP contribution is -2.07. The number of hydrogen-bond donors (Lipinski definition) is 2.